The van der Waals surface area contributed by atoms with E-state index in [1.807, 2.05) is 6.92 Å². The van der Waals surface area contributed by atoms with E-state index in [1.165, 1.54) is 7.11 Å². The topological polar surface area (TPSA) is 97.3 Å². The van der Waals surface area contributed by atoms with Gasteiger partial charge in [-0.15, -0.1) is 0 Å². The fourth-order valence-corrected chi connectivity index (χ4v) is 3.18. The molecule has 0 aliphatic carbocycles. The number of β-amino-alcohol motifs (C(OH)–C–C–N with tert-alkyl or cyclic N) is 1. The van der Waals surface area contributed by atoms with E-state index in [0.29, 0.717) is 19.4 Å². The third kappa shape index (κ3) is 5.06. The van der Waals surface area contributed by atoms with Gasteiger partial charge in [0.25, 0.3) is 0 Å². The van der Waals surface area contributed by atoms with Crippen LogP contribution in [0.15, 0.2) is 0 Å². The predicted molar refractivity (Wildman–Crippen MR) is 85.5 cm³/mol. The lowest BCUT2D eigenvalue weighted by atomic mass is 9.95. The average molecular weight is 344 g/mol. The van der Waals surface area contributed by atoms with Crippen molar-refractivity contribution in [1.29, 1.82) is 0 Å². The Morgan fingerprint density at radius 1 is 1.33 bits per heavy atom. The number of hydrogen-bond donors (Lipinski definition) is 2. The number of carbonyl (C=O) groups is 2. The number of aliphatic hydroxyl groups excluding tert-OH is 1. The normalized spacial score (nSPS) is 30.7. The Kier molecular flexibility index (Phi) is 7.26. The molecule has 0 aromatic carbocycles. The van der Waals surface area contributed by atoms with Crippen molar-refractivity contribution in [2.24, 2.45) is 0 Å². The van der Waals surface area contributed by atoms with E-state index in [9.17, 15) is 14.7 Å². The summed E-state index contributed by atoms with van der Waals surface area (Å²) in [6.07, 6.45) is 1.14. The van der Waals surface area contributed by atoms with E-state index < -0.39 is 6.10 Å². The zero-order valence-corrected chi connectivity index (χ0v) is 14.4. The lowest BCUT2D eigenvalue weighted by Crippen LogP contribution is -2.59. The summed E-state index contributed by atoms with van der Waals surface area (Å²) >= 11 is 0. The molecule has 24 heavy (non-hydrogen) atoms. The van der Waals surface area contributed by atoms with Gasteiger partial charge in [-0.2, -0.15) is 0 Å². The average Bonchev–Trinajstić information content (AvgIpc) is 2.56. The van der Waals surface area contributed by atoms with Gasteiger partial charge in [-0.1, -0.05) is 6.92 Å². The first kappa shape index (κ1) is 19.0. The highest BCUT2D eigenvalue weighted by Gasteiger charge is 2.40. The van der Waals surface area contributed by atoms with E-state index in [-0.39, 0.29) is 56.4 Å². The number of carbonyl (C=O) groups excluding carboxylic acids is 2. The van der Waals surface area contributed by atoms with Crippen molar-refractivity contribution in [3.8, 4) is 0 Å². The van der Waals surface area contributed by atoms with Gasteiger partial charge >= 0.3 is 12.0 Å². The first-order valence-corrected chi connectivity index (χ1v) is 8.57. The van der Waals surface area contributed by atoms with Crippen LogP contribution in [0.3, 0.4) is 0 Å². The number of nitrogens with one attached hydrogen (secondary N) is 1. The van der Waals surface area contributed by atoms with Crippen LogP contribution >= 0.6 is 0 Å². The fraction of sp³-hybridized carbons (Fsp3) is 0.875. The highest BCUT2D eigenvalue weighted by atomic mass is 16.6. The van der Waals surface area contributed by atoms with E-state index >= 15 is 0 Å². The molecular weight excluding hydrogens is 316 g/mol. The van der Waals surface area contributed by atoms with Crippen LogP contribution in [0.4, 0.5) is 4.79 Å². The Bertz CT molecular complexity index is 433. The number of methoxy groups -OCH3 is 1. The largest absolute Gasteiger partial charge is 0.469 e. The van der Waals surface area contributed by atoms with Gasteiger partial charge in [0.1, 0.15) is 6.10 Å². The smallest absolute Gasteiger partial charge is 0.317 e. The third-order valence-corrected chi connectivity index (χ3v) is 4.39. The van der Waals surface area contributed by atoms with Crippen LogP contribution < -0.4 is 5.32 Å². The number of hydrogen-bond acceptors (Lipinski definition) is 6. The Labute approximate surface area is 142 Å². The van der Waals surface area contributed by atoms with Gasteiger partial charge in [-0.05, 0) is 19.3 Å². The summed E-state index contributed by atoms with van der Waals surface area (Å²) in [5.41, 5.74) is 0. The molecule has 2 rings (SSSR count). The first-order chi connectivity index (χ1) is 11.5. The van der Waals surface area contributed by atoms with Gasteiger partial charge in [0, 0.05) is 6.54 Å². The Hall–Kier alpha value is -1.38. The van der Waals surface area contributed by atoms with Crippen molar-refractivity contribution in [3.05, 3.63) is 0 Å². The molecule has 0 radical (unpaired) electrons. The molecule has 0 spiro atoms. The first-order valence-electron chi connectivity index (χ1n) is 8.57. The molecule has 2 fully saturated rings. The van der Waals surface area contributed by atoms with E-state index in [2.05, 4.69) is 5.32 Å². The van der Waals surface area contributed by atoms with Crippen molar-refractivity contribution in [1.82, 2.24) is 10.2 Å². The maximum atomic E-state index is 12.5. The summed E-state index contributed by atoms with van der Waals surface area (Å²) in [7, 11) is 1.36. The minimum atomic E-state index is -0.717. The number of urea groups is 1. The maximum Gasteiger partial charge on any atom is 0.317 e. The van der Waals surface area contributed by atoms with Crippen LogP contribution in [-0.4, -0.2) is 79.8 Å². The van der Waals surface area contributed by atoms with Crippen LogP contribution in [0.1, 0.15) is 32.6 Å². The molecule has 0 bridgehead atoms. The Morgan fingerprint density at radius 3 is 2.83 bits per heavy atom. The van der Waals surface area contributed by atoms with Crippen LogP contribution in [0.2, 0.25) is 0 Å². The molecule has 2 saturated heterocycles. The second-order valence-corrected chi connectivity index (χ2v) is 6.30. The number of amides is 2. The molecule has 0 saturated carbocycles. The molecular formula is C16H28N2O6. The summed E-state index contributed by atoms with van der Waals surface area (Å²) in [5, 5.41) is 12.9. The number of nitrogens with zero attached hydrogens (tertiary/aromatic N) is 1. The molecule has 2 N–H and O–H groups in total. The molecule has 2 aliphatic heterocycles. The van der Waals surface area contributed by atoms with Crippen LogP contribution in [0.5, 0.6) is 0 Å². The molecule has 4 atom stereocenters. The van der Waals surface area contributed by atoms with E-state index in [1.54, 1.807) is 4.90 Å². The number of fused-ring (bicyclic) bond motifs is 1. The maximum absolute atomic E-state index is 12.5. The molecule has 138 valence electrons. The number of esters is 1. The predicted octanol–water partition coefficient (Wildman–Crippen LogP) is 0.278. The number of rotatable bonds is 4. The zero-order valence-electron chi connectivity index (χ0n) is 14.4. The molecule has 0 aromatic rings. The van der Waals surface area contributed by atoms with Crippen molar-refractivity contribution >= 4 is 12.0 Å². The standard InChI is InChI=1S/C16H28N2O6/c1-3-6-17-16(21)18-8-11(19)9-23-10-14-13(18)5-4-12(24-14)7-15(20)22-2/h11-14,19H,3-10H2,1-2H3,(H,17,21)/t11-,12-,13+,14-/m1/s1. The van der Waals surface area contributed by atoms with Crippen LogP contribution in [-0.2, 0) is 19.0 Å². The molecule has 8 nitrogen and oxygen atoms in total. The van der Waals surface area contributed by atoms with Crippen LogP contribution in [0.25, 0.3) is 0 Å². The molecule has 2 aliphatic rings. The van der Waals surface area contributed by atoms with E-state index in [4.69, 9.17) is 14.2 Å². The molecule has 2 amide bonds. The summed E-state index contributed by atoms with van der Waals surface area (Å²) in [6.45, 7) is 3.23. The Balaban J connectivity index is 2.05. The zero-order chi connectivity index (χ0) is 17.5. The summed E-state index contributed by atoms with van der Waals surface area (Å²) in [6, 6.07) is -0.367. The quantitative estimate of drug-likeness (QED) is 0.711. The third-order valence-electron chi connectivity index (χ3n) is 4.39. The van der Waals surface area contributed by atoms with Gasteiger partial charge < -0.3 is 29.5 Å². The number of aliphatic hydroxyl groups is 1. The lowest BCUT2D eigenvalue weighted by Gasteiger charge is -2.44. The Morgan fingerprint density at radius 2 is 2.12 bits per heavy atom. The minimum Gasteiger partial charge on any atom is -0.469 e. The van der Waals surface area contributed by atoms with Gasteiger partial charge in [0.05, 0.1) is 51.5 Å². The second-order valence-electron chi connectivity index (χ2n) is 6.30. The van der Waals surface area contributed by atoms with Gasteiger partial charge in [-0.3, -0.25) is 4.79 Å². The van der Waals surface area contributed by atoms with Crippen molar-refractivity contribution < 1.29 is 28.9 Å². The molecule has 8 heteroatoms. The van der Waals surface area contributed by atoms with Crippen molar-refractivity contribution in [2.45, 2.75) is 57.0 Å². The summed E-state index contributed by atoms with van der Waals surface area (Å²) < 4.78 is 16.2. The highest BCUT2D eigenvalue weighted by Crippen LogP contribution is 2.27. The second kappa shape index (κ2) is 9.19. The van der Waals surface area contributed by atoms with Crippen molar-refractivity contribution in [2.75, 3.05) is 33.4 Å². The minimum absolute atomic E-state index is 0.159. The molecule has 0 unspecified atom stereocenters. The van der Waals surface area contributed by atoms with Gasteiger partial charge in [0.15, 0.2) is 0 Å². The van der Waals surface area contributed by atoms with Crippen molar-refractivity contribution in [3.63, 3.8) is 0 Å². The SMILES string of the molecule is CCCNC(=O)N1C[C@@H](O)COC[C@H]2O[C@@H](CC(=O)OC)CC[C@@H]21. The van der Waals surface area contributed by atoms with E-state index in [0.717, 1.165) is 6.42 Å². The molecule has 2 heterocycles. The molecule has 0 aromatic heterocycles. The lowest BCUT2D eigenvalue weighted by molar-refractivity contribution is -0.159. The monoisotopic (exact) mass is 344 g/mol. The van der Waals surface area contributed by atoms with Gasteiger partial charge in [0.2, 0.25) is 0 Å². The van der Waals surface area contributed by atoms with Crippen LogP contribution in [0, 0.1) is 0 Å². The summed E-state index contributed by atoms with van der Waals surface area (Å²) in [5.74, 6) is -0.307. The highest BCUT2D eigenvalue weighted by molar-refractivity contribution is 5.74. The van der Waals surface area contributed by atoms with Gasteiger partial charge in [-0.25, -0.2) is 4.79 Å². The fourth-order valence-electron chi connectivity index (χ4n) is 3.18. The number of ether oxygens (including phenoxy) is 3. The summed E-state index contributed by atoms with van der Waals surface area (Å²) in [4.78, 5) is 25.6.